The van der Waals surface area contributed by atoms with Crippen molar-refractivity contribution in [2.45, 2.75) is 18.8 Å². The van der Waals surface area contributed by atoms with Crippen LogP contribution in [0.3, 0.4) is 0 Å². The van der Waals surface area contributed by atoms with Crippen LogP contribution in [-0.2, 0) is 0 Å². The topological polar surface area (TPSA) is 67.6 Å². The molecule has 2 aromatic rings. The second-order valence-corrected chi connectivity index (χ2v) is 6.08. The van der Waals surface area contributed by atoms with E-state index in [1.807, 2.05) is 4.90 Å². The van der Waals surface area contributed by atoms with Crippen molar-refractivity contribution in [1.82, 2.24) is 5.32 Å². The molecule has 2 aromatic carbocycles. The minimum absolute atomic E-state index is 0.101. The number of anilines is 2. The van der Waals surface area contributed by atoms with E-state index in [1.54, 1.807) is 30.3 Å². The van der Waals surface area contributed by atoms with Crippen LogP contribution in [-0.4, -0.2) is 31.4 Å². The molecule has 0 bridgehead atoms. The van der Waals surface area contributed by atoms with Crippen LogP contribution < -0.4 is 20.7 Å². The van der Waals surface area contributed by atoms with Gasteiger partial charge < -0.3 is 20.7 Å². The molecule has 1 aliphatic heterocycles. The molecule has 1 unspecified atom stereocenters. The fourth-order valence-corrected chi connectivity index (χ4v) is 2.94. The first kappa shape index (κ1) is 17.9. The Morgan fingerprint density at radius 3 is 2.69 bits per heavy atom. The predicted octanol–water partition coefficient (Wildman–Crippen LogP) is 3.18. The van der Waals surface area contributed by atoms with E-state index in [9.17, 15) is 18.0 Å². The summed E-state index contributed by atoms with van der Waals surface area (Å²) in [7, 11) is 0. The minimum atomic E-state index is -4.72. The van der Waals surface area contributed by atoms with E-state index in [0.717, 1.165) is 0 Å². The Kier molecular flexibility index (Phi) is 4.92. The average molecular weight is 365 g/mol. The number of nitrogens with two attached hydrogens (primary N) is 1. The van der Waals surface area contributed by atoms with Crippen LogP contribution in [0.2, 0.25) is 0 Å². The highest BCUT2D eigenvalue weighted by atomic mass is 19.4. The summed E-state index contributed by atoms with van der Waals surface area (Å²) >= 11 is 0. The third-order valence-corrected chi connectivity index (χ3v) is 4.09. The maximum Gasteiger partial charge on any atom is 0.573 e. The van der Waals surface area contributed by atoms with Crippen molar-refractivity contribution >= 4 is 17.3 Å². The van der Waals surface area contributed by atoms with Crippen molar-refractivity contribution in [2.75, 3.05) is 23.7 Å². The highest BCUT2D eigenvalue weighted by Crippen LogP contribution is 2.28. The molecule has 0 radical (unpaired) electrons. The molecule has 3 rings (SSSR count). The zero-order chi connectivity index (χ0) is 18.7. The zero-order valence-corrected chi connectivity index (χ0v) is 13.8. The number of hydrogen-bond acceptors (Lipinski definition) is 4. The summed E-state index contributed by atoms with van der Waals surface area (Å²) in [5.41, 5.74) is 7.28. The van der Waals surface area contributed by atoms with Gasteiger partial charge in [-0.25, -0.2) is 0 Å². The molecule has 26 heavy (non-hydrogen) atoms. The molecule has 0 aromatic heterocycles. The highest BCUT2D eigenvalue weighted by Gasteiger charge is 2.31. The molecular formula is C18H18F3N3O2. The number of halogens is 3. The van der Waals surface area contributed by atoms with Gasteiger partial charge in [-0.1, -0.05) is 12.1 Å². The number of ether oxygens (including phenoxy) is 1. The van der Waals surface area contributed by atoms with E-state index in [-0.39, 0.29) is 17.7 Å². The van der Waals surface area contributed by atoms with E-state index in [0.29, 0.717) is 36.4 Å². The lowest BCUT2D eigenvalue weighted by Gasteiger charge is -2.20. The predicted molar refractivity (Wildman–Crippen MR) is 92.1 cm³/mol. The summed E-state index contributed by atoms with van der Waals surface area (Å²) in [5.74, 6) is -0.486. The number of hydrogen-bond donors (Lipinski definition) is 2. The van der Waals surface area contributed by atoms with E-state index < -0.39 is 6.36 Å². The lowest BCUT2D eigenvalue weighted by Crippen LogP contribution is -2.37. The van der Waals surface area contributed by atoms with Gasteiger partial charge in [-0.15, -0.1) is 13.2 Å². The van der Waals surface area contributed by atoms with Gasteiger partial charge in [0.1, 0.15) is 5.75 Å². The molecule has 1 atom stereocenters. The van der Waals surface area contributed by atoms with Crippen molar-refractivity contribution in [3.8, 4) is 5.75 Å². The number of carbonyl (C=O) groups excluding carboxylic acids is 1. The maximum absolute atomic E-state index is 12.4. The van der Waals surface area contributed by atoms with E-state index in [1.165, 1.54) is 18.2 Å². The lowest BCUT2D eigenvalue weighted by atomic mass is 10.1. The Morgan fingerprint density at radius 1 is 1.19 bits per heavy atom. The van der Waals surface area contributed by atoms with E-state index in [2.05, 4.69) is 10.1 Å². The van der Waals surface area contributed by atoms with Gasteiger partial charge in [0, 0.05) is 42.1 Å². The molecule has 1 fully saturated rings. The highest BCUT2D eigenvalue weighted by molar-refractivity contribution is 5.95. The zero-order valence-electron chi connectivity index (χ0n) is 13.8. The number of benzene rings is 2. The first-order chi connectivity index (χ1) is 12.3. The third kappa shape index (κ3) is 4.59. The van der Waals surface area contributed by atoms with Crippen molar-refractivity contribution in [1.29, 1.82) is 0 Å². The van der Waals surface area contributed by atoms with Crippen LogP contribution >= 0.6 is 0 Å². The molecule has 0 aliphatic carbocycles. The summed E-state index contributed by atoms with van der Waals surface area (Å²) < 4.78 is 41.0. The number of nitrogens with zero attached hydrogens (tertiary/aromatic N) is 1. The molecule has 5 nitrogen and oxygen atoms in total. The fourth-order valence-electron chi connectivity index (χ4n) is 2.94. The minimum Gasteiger partial charge on any atom is -0.406 e. The van der Waals surface area contributed by atoms with Crippen LogP contribution in [0.25, 0.3) is 0 Å². The third-order valence-electron chi connectivity index (χ3n) is 4.09. The van der Waals surface area contributed by atoms with Gasteiger partial charge in [0.15, 0.2) is 0 Å². The average Bonchev–Trinajstić information content (AvgIpc) is 3.02. The van der Waals surface area contributed by atoms with E-state index in [4.69, 9.17) is 5.73 Å². The number of rotatable bonds is 4. The fraction of sp³-hybridized carbons (Fsp3) is 0.278. The van der Waals surface area contributed by atoms with Crippen LogP contribution in [0.4, 0.5) is 24.5 Å². The van der Waals surface area contributed by atoms with Crippen LogP contribution in [0.1, 0.15) is 16.8 Å². The molecule has 0 spiro atoms. The first-order valence-electron chi connectivity index (χ1n) is 8.07. The molecule has 0 saturated carbocycles. The summed E-state index contributed by atoms with van der Waals surface area (Å²) in [6, 6.07) is 12.4. The summed E-state index contributed by atoms with van der Waals surface area (Å²) in [4.78, 5) is 14.2. The Hall–Kier alpha value is -2.90. The SMILES string of the molecule is Nc1cccc(C(=O)NC2CCN(c3cccc(OC(F)(F)F)c3)C2)c1. The van der Waals surface area contributed by atoms with Gasteiger partial charge in [-0.05, 0) is 36.8 Å². The van der Waals surface area contributed by atoms with Crippen LogP contribution in [0.15, 0.2) is 48.5 Å². The van der Waals surface area contributed by atoms with Crippen molar-refractivity contribution in [2.24, 2.45) is 0 Å². The largest absolute Gasteiger partial charge is 0.573 e. The molecule has 1 saturated heterocycles. The number of nitrogens with one attached hydrogen (secondary N) is 1. The lowest BCUT2D eigenvalue weighted by molar-refractivity contribution is -0.274. The van der Waals surface area contributed by atoms with Gasteiger partial charge in [-0.3, -0.25) is 4.79 Å². The summed E-state index contributed by atoms with van der Waals surface area (Å²) in [6.07, 6.45) is -4.03. The summed E-state index contributed by atoms with van der Waals surface area (Å²) in [5, 5.41) is 2.93. The molecule has 1 amide bonds. The number of amides is 1. The molecular weight excluding hydrogens is 347 g/mol. The number of carbonyl (C=O) groups is 1. The van der Waals surface area contributed by atoms with Crippen LogP contribution in [0.5, 0.6) is 5.75 Å². The Labute approximate surface area is 148 Å². The molecule has 138 valence electrons. The molecule has 1 heterocycles. The van der Waals surface area contributed by atoms with Gasteiger partial charge in [0.25, 0.3) is 5.91 Å². The molecule has 3 N–H and O–H groups in total. The van der Waals surface area contributed by atoms with Gasteiger partial charge >= 0.3 is 6.36 Å². The first-order valence-corrected chi connectivity index (χ1v) is 8.07. The monoisotopic (exact) mass is 365 g/mol. The Balaban J connectivity index is 1.62. The van der Waals surface area contributed by atoms with Crippen LogP contribution in [0, 0.1) is 0 Å². The smallest absolute Gasteiger partial charge is 0.406 e. The van der Waals surface area contributed by atoms with Crippen molar-refractivity contribution in [3.63, 3.8) is 0 Å². The Bertz CT molecular complexity index is 795. The maximum atomic E-state index is 12.4. The Morgan fingerprint density at radius 2 is 1.96 bits per heavy atom. The van der Waals surface area contributed by atoms with Crippen molar-refractivity contribution in [3.05, 3.63) is 54.1 Å². The quantitative estimate of drug-likeness (QED) is 0.817. The molecule has 8 heteroatoms. The second kappa shape index (κ2) is 7.15. The van der Waals surface area contributed by atoms with Gasteiger partial charge in [0.2, 0.25) is 0 Å². The second-order valence-electron chi connectivity index (χ2n) is 6.08. The van der Waals surface area contributed by atoms with Gasteiger partial charge in [0.05, 0.1) is 0 Å². The summed E-state index contributed by atoms with van der Waals surface area (Å²) in [6.45, 7) is 1.13. The normalized spacial score (nSPS) is 17.2. The van der Waals surface area contributed by atoms with Crippen molar-refractivity contribution < 1.29 is 22.7 Å². The van der Waals surface area contributed by atoms with Gasteiger partial charge in [-0.2, -0.15) is 0 Å². The number of alkyl halides is 3. The molecule has 1 aliphatic rings. The van der Waals surface area contributed by atoms with E-state index >= 15 is 0 Å². The number of nitrogen functional groups attached to an aromatic ring is 1. The standard InChI is InChI=1S/C18H18F3N3O2/c19-18(20,21)26-16-6-2-5-15(10-16)24-8-7-14(11-24)23-17(25)12-3-1-4-13(22)9-12/h1-6,9-10,14H,7-8,11,22H2,(H,23,25).